The van der Waals surface area contributed by atoms with Crippen molar-refractivity contribution in [3.05, 3.63) is 21.9 Å². The molecule has 2 nitrogen and oxygen atoms in total. The number of hydrogen-bond donors (Lipinski definition) is 1. The second-order valence-corrected chi connectivity index (χ2v) is 7.48. The summed E-state index contributed by atoms with van der Waals surface area (Å²) in [7, 11) is 0. The van der Waals surface area contributed by atoms with Crippen molar-refractivity contribution < 1.29 is 5.11 Å². The molecule has 1 saturated heterocycles. The van der Waals surface area contributed by atoms with Crippen LogP contribution in [0, 0.1) is 11.8 Å². The van der Waals surface area contributed by atoms with E-state index in [2.05, 4.69) is 54.5 Å². The van der Waals surface area contributed by atoms with E-state index in [1.807, 2.05) is 0 Å². The van der Waals surface area contributed by atoms with Crippen LogP contribution in [0.15, 0.2) is 12.1 Å². The summed E-state index contributed by atoms with van der Waals surface area (Å²) in [6.07, 6.45) is 0.561. The van der Waals surface area contributed by atoms with E-state index < -0.39 is 0 Å². The fourth-order valence-corrected chi connectivity index (χ4v) is 4.22. The molecule has 0 bridgehead atoms. The minimum atomic E-state index is 0.145. The van der Waals surface area contributed by atoms with Crippen LogP contribution in [0.3, 0.4) is 0 Å². The Hall–Kier alpha value is -0.470. The normalized spacial score (nSPS) is 23.9. The van der Waals surface area contributed by atoms with Crippen molar-refractivity contribution in [3.8, 4) is 11.8 Å². The van der Waals surface area contributed by atoms with Gasteiger partial charge in [-0.2, -0.15) is 11.8 Å². The van der Waals surface area contributed by atoms with Gasteiger partial charge in [-0.3, -0.25) is 4.90 Å². The second-order valence-electron chi connectivity index (χ2n) is 4.83. The van der Waals surface area contributed by atoms with Crippen molar-refractivity contribution in [2.24, 2.45) is 0 Å². The summed E-state index contributed by atoms with van der Waals surface area (Å²) in [6, 6.07) is 4.92. The van der Waals surface area contributed by atoms with Gasteiger partial charge in [0.15, 0.2) is 0 Å². The van der Waals surface area contributed by atoms with Gasteiger partial charge >= 0.3 is 0 Å². The molecule has 1 aromatic rings. The first kappa shape index (κ1) is 14.9. The lowest BCUT2D eigenvalue weighted by atomic mass is 10.2. The number of thiophene rings is 1. The van der Waals surface area contributed by atoms with Gasteiger partial charge in [0.05, 0.1) is 11.5 Å². The van der Waals surface area contributed by atoms with E-state index in [-0.39, 0.29) is 6.61 Å². The Bertz CT molecular complexity index is 460. The first-order valence-corrected chi connectivity index (χ1v) is 8.61. The predicted octanol–water partition coefficient (Wildman–Crippen LogP) is 2.81. The number of nitrogens with zero attached hydrogens (tertiary/aromatic N) is 1. The average Bonchev–Trinajstić information content (AvgIpc) is 2.83. The minimum Gasteiger partial charge on any atom is -0.395 e. The molecule has 104 valence electrons. The van der Waals surface area contributed by atoms with Gasteiger partial charge in [-0.05, 0) is 19.1 Å². The number of rotatable bonds is 3. The number of thioether (sulfide) groups is 1. The molecule has 0 radical (unpaired) electrons. The third kappa shape index (κ3) is 4.25. The lowest BCUT2D eigenvalue weighted by Crippen LogP contribution is -2.43. The Morgan fingerprint density at radius 2 is 2.26 bits per heavy atom. The summed E-state index contributed by atoms with van der Waals surface area (Å²) in [6.45, 7) is 7.01. The first-order chi connectivity index (χ1) is 9.20. The summed E-state index contributed by atoms with van der Waals surface area (Å²) >= 11 is 3.85. The fourth-order valence-electron chi connectivity index (χ4n) is 2.15. The van der Waals surface area contributed by atoms with Crippen LogP contribution >= 0.6 is 23.1 Å². The van der Waals surface area contributed by atoms with E-state index in [1.165, 1.54) is 17.2 Å². The molecular formula is C15H21NOS2. The Labute approximate surface area is 124 Å². The highest BCUT2D eigenvalue weighted by Crippen LogP contribution is 2.27. The fraction of sp³-hybridized carbons (Fsp3) is 0.600. The zero-order valence-electron chi connectivity index (χ0n) is 11.6. The second kappa shape index (κ2) is 7.35. The topological polar surface area (TPSA) is 23.5 Å². The highest BCUT2D eigenvalue weighted by Gasteiger charge is 2.25. The highest BCUT2D eigenvalue weighted by molar-refractivity contribution is 8.00. The van der Waals surface area contributed by atoms with Crippen molar-refractivity contribution in [2.45, 2.75) is 38.1 Å². The predicted molar refractivity (Wildman–Crippen MR) is 84.7 cm³/mol. The molecule has 4 heteroatoms. The van der Waals surface area contributed by atoms with Crippen LogP contribution in [0.25, 0.3) is 0 Å². The van der Waals surface area contributed by atoms with Crippen LogP contribution in [0.5, 0.6) is 0 Å². The maximum atomic E-state index is 8.71. The molecule has 0 saturated carbocycles. The van der Waals surface area contributed by atoms with Crippen molar-refractivity contribution in [1.29, 1.82) is 0 Å². The Balaban J connectivity index is 1.94. The van der Waals surface area contributed by atoms with Gasteiger partial charge in [0.2, 0.25) is 0 Å². The molecule has 2 unspecified atom stereocenters. The molecule has 1 aliphatic heterocycles. The number of hydrogen-bond acceptors (Lipinski definition) is 4. The van der Waals surface area contributed by atoms with E-state index in [9.17, 15) is 0 Å². The van der Waals surface area contributed by atoms with E-state index in [0.717, 1.165) is 16.7 Å². The van der Waals surface area contributed by atoms with Gasteiger partial charge in [0.25, 0.3) is 0 Å². The molecule has 0 aliphatic carbocycles. The quantitative estimate of drug-likeness (QED) is 0.868. The van der Waals surface area contributed by atoms with Crippen molar-refractivity contribution in [3.63, 3.8) is 0 Å². The van der Waals surface area contributed by atoms with Crippen molar-refractivity contribution >= 4 is 23.1 Å². The summed E-state index contributed by atoms with van der Waals surface area (Å²) < 4.78 is 0. The Morgan fingerprint density at radius 3 is 3.05 bits per heavy atom. The molecule has 0 spiro atoms. The lowest BCUT2D eigenvalue weighted by molar-refractivity contribution is 0.206. The molecule has 2 heterocycles. The van der Waals surface area contributed by atoms with Crippen molar-refractivity contribution in [1.82, 2.24) is 4.90 Å². The smallest absolute Gasteiger partial charge is 0.0771 e. The minimum absolute atomic E-state index is 0.145. The number of aliphatic hydroxyl groups is 1. The molecule has 0 aromatic carbocycles. The Kier molecular flexibility index (Phi) is 5.77. The average molecular weight is 295 g/mol. The molecule has 1 aromatic heterocycles. The molecule has 2 atom stereocenters. The van der Waals surface area contributed by atoms with Gasteiger partial charge in [-0.25, -0.2) is 0 Å². The molecule has 0 amide bonds. The maximum absolute atomic E-state index is 8.71. The standard InChI is InChI=1S/C15H21NOS2/c1-12-13(2)18-10-8-16(12)11-15-7-6-14(19-15)5-3-4-9-17/h6-7,12-13,17H,4,8-11H2,1-2H3. The van der Waals surface area contributed by atoms with Crippen LogP contribution in [0.4, 0.5) is 0 Å². The summed E-state index contributed by atoms with van der Waals surface area (Å²) in [4.78, 5) is 5.06. The summed E-state index contributed by atoms with van der Waals surface area (Å²) in [5.74, 6) is 7.32. The van der Waals surface area contributed by atoms with E-state index in [0.29, 0.717) is 12.5 Å². The zero-order chi connectivity index (χ0) is 13.7. The molecule has 1 N–H and O–H groups in total. The van der Waals surface area contributed by atoms with E-state index >= 15 is 0 Å². The van der Waals surface area contributed by atoms with E-state index in [1.54, 1.807) is 11.3 Å². The molecule has 19 heavy (non-hydrogen) atoms. The SMILES string of the molecule is CC1SCCN(Cc2ccc(C#CCCO)s2)C1C. The molecule has 1 aliphatic rings. The number of aliphatic hydroxyl groups excluding tert-OH is 1. The van der Waals surface area contributed by atoms with Gasteiger partial charge in [0, 0.05) is 41.4 Å². The van der Waals surface area contributed by atoms with Crippen LogP contribution in [-0.2, 0) is 6.54 Å². The third-order valence-corrected chi connectivity index (χ3v) is 5.81. The van der Waals surface area contributed by atoms with Crippen LogP contribution in [-0.4, -0.2) is 40.2 Å². The molecule has 1 fully saturated rings. The Morgan fingerprint density at radius 1 is 1.42 bits per heavy atom. The maximum Gasteiger partial charge on any atom is 0.0771 e. The molecular weight excluding hydrogens is 274 g/mol. The highest BCUT2D eigenvalue weighted by atomic mass is 32.2. The van der Waals surface area contributed by atoms with E-state index in [4.69, 9.17) is 5.11 Å². The lowest BCUT2D eigenvalue weighted by Gasteiger charge is -2.37. The van der Waals surface area contributed by atoms with Crippen molar-refractivity contribution in [2.75, 3.05) is 18.9 Å². The zero-order valence-corrected chi connectivity index (χ0v) is 13.2. The van der Waals surface area contributed by atoms with Gasteiger partial charge in [0.1, 0.15) is 0 Å². The molecule has 2 rings (SSSR count). The monoisotopic (exact) mass is 295 g/mol. The third-order valence-electron chi connectivity index (χ3n) is 3.48. The van der Waals surface area contributed by atoms with Gasteiger partial charge < -0.3 is 5.11 Å². The van der Waals surface area contributed by atoms with Gasteiger partial charge in [-0.1, -0.05) is 18.8 Å². The largest absolute Gasteiger partial charge is 0.395 e. The van der Waals surface area contributed by atoms with Crippen LogP contribution < -0.4 is 0 Å². The summed E-state index contributed by atoms with van der Waals surface area (Å²) in [5.41, 5.74) is 0. The summed E-state index contributed by atoms with van der Waals surface area (Å²) in [5, 5.41) is 9.43. The van der Waals surface area contributed by atoms with Gasteiger partial charge in [-0.15, -0.1) is 11.3 Å². The first-order valence-electron chi connectivity index (χ1n) is 6.75. The van der Waals surface area contributed by atoms with Crippen LogP contribution in [0.2, 0.25) is 0 Å². The van der Waals surface area contributed by atoms with Crippen LogP contribution in [0.1, 0.15) is 30.0 Å².